The lowest BCUT2D eigenvalue weighted by Crippen LogP contribution is -2.16. The second-order valence-corrected chi connectivity index (χ2v) is 5.19. The van der Waals surface area contributed by atoms with E-state index in [1.54, 1.807) is 0 Å². The second-order valence-electron chi connectivity index (χ2n) is 4.78. The average Bonchev–Trinajstić information content (AvgIpc) is 2.38. The van der Waals surface area contributed by atoms with Gasteiger partial charge in [-0.1, -0.05) is 47.5 Å². The zero-order valence-corrected chi connectivity index (χ0v) is 12.0. The van der Waals surface area contributed by atoms with Crippen LogP contribution in [0.2, 0.25) is 5.02 Å². The summed E-state index contributed by atoms with van der Waals surface area (Å²) in [5, 5.41) is 9.72. The molecule has 2 aromatic rings. The molecule has 0 spiro atoms. The van der Waals surface area contributed by atoms with Crippen molar-refractivity contribution in [1.29, 1.82) is 0 Å². The van der Waals surface area contributed by atoms with Crippen molar-refractivity contribution >= 4 is 17.3 Å². The molecule has 0 aliphatic carbocycles. The van der Waals surface area contributed by atoms with Crippen LogP contribution >= 0.6 is 11.6 Å². The van der Waals surface area contributed by atoms with Crippen LogP contribution in [0.15, 0.2) is 42.5 Å². The highest BCUT2D eigenvalue weighted by Crippen LogP contribution is 2.24. The smallest absolute Gasteiger partial charge is 0.0696 e. The van der Waals surface area contributed by atoms with Crippen LogP contribution in [0.25, 0.3) is 0 Å². The van der Waals surface area contributed by atoms with Gasteiger partial charge in [-0.25, -0.2) is 0 Å². The molecule has 0 amide bonds. The van der Waals surface area contributed by atoms with E-state index in [9.17, 15) is 0 Å². The molecule has 1 N–H and O–H groups in total. The van der Waals surface area contributed by atoms with Crippen LogP contribution in [-0.4, -0.2) is 12.2 Å². The third kappa shape index (κ3) is 3.49. The summed E-state index contributed by atoms with van der Waals surface area (Å²) in [6.07, 6.45) is 0. The third-order valence-corrected chi connectivity index (χ3v) is 3.50. The average molecular weight is 276 g/mol. The topological polar surface area (TPSA) is 23.5 Å². The van der Waals surface area contributed by atoms with Gasteiger partial charge in [0, 0.05) is 24.3 Å². The molecule has 0 unspecified atom stereocenters. The number of hydrogen-bond acceptors (Lipinski definition) is 2. The third-order valence-electron chi connectivity index (χ3n) is 3.15. The number of aliphatic hydroxyl groups is 1. The van der Waals surface area contributed by atoms with Gasteiger partial charge in [0.1, 0.15) is 0 Å². The van der Waals surface area contributed by atoms with Gasteiger partial charge in [0.25, 0.3) is 0 Å². The summed E-state index contributed by atoms with van der Waals surface area (Å²) in [5.41, 5.74) is 4.34. The quantitative estimate of drug-likeness (QED) is 0.918. The number of halogens is 1. The van der Waals surface area contributed by atoms with Gasteiger partial charge in [-0.15, -0.1) is 0 Å². The van der Waals surface area contributed by atoms with E-state index in [1.807, 2.05) is 25.2 Å². The Kier molecular flexibility index (Phi) is 4.46. The predicted octanol–water partition coefficient (Wildman–Crippen LogP) is 3.78. The van der Waals surface area contributed by atoms with Crippen LogP contribution in [0.4, 0.5) is 5.69 Å². The molecular formula is C16H18ClNO. The van der Waals surface area contributed by atoms with Gasteiger partial charge < -0.3 is 10.0 Å². The van der Waals surface area contributed by atoms with E-state index in [0.29, 0.717) is 5.02 Å². The number of hydrogen-bond donors (Lipinski definition) is 1. The molecule has 0 heterocycles. The van der Waals surface area contributed by atoms with Crippen molar-refractivity contribution in [1.82, 2.24) is 0 Å². The Morgan fingerprint density at radius 1 is 1.16 bits per heavy atom. The Balaban J connectivity index is 2.15. The van der Waals surface area contributed by atoms with Gasteiger partial charge >= 0.3 is 0 Å². The molecule has 0 saturated heterocycles. The molecule has 0 aliphatic rings. The van der Waals surface area contributed by atoms with Crippen LogP contribution in [0.5, 0.6) is 0 Å². The van der Waals surface area contributed by atoms with E-state index < -0.39 is 0 Å². The first kappa shape index (κ1) is 13.9. The van der Waals surface area contributed by atoms with E-state index in [2.05, 4.69) is 36.1 Å². The fraction of sp³-hybridized carbons (Fsp3) is 0.250. The van der Waals surface area contributed by atoms with E-state index in [0.717, 1.165) is 17.8 Å². The SMILES string of the molecule is Cc1cccc(CN(C)c2ccc(CO)c(Cl)c2)c1. The molecule has 100 valence electrons. The van der Waals surface area contributed by atoms with Gasteiger partial charge in [0.2, 0.25) is 0 Å². The molecule has 2 rings (SSSR count). The van der Waals surface area contributed by atoms with Crippen LogP contribution in [0.3, 0.4) is 0 Å². The molecule has 19 heavy (non-hydrogen) atoms. The number of rotatable bonds is 4. The maximum Gasteiger partial charge on any atom is 0.0696 e. The lowest BCUT2D eigenvalue weighted by molar-refractivity contribution is 0.282. The highest BCUT2D eigenvalue weighted by atomic mass is 35.5. The minimum absolute atomic E-state index is 0.0271. The second kappa shape index (κ2) is 6.09. The zero-order valence-electron chi connectivity index (χ0n) is 11.2. The Labute approximate surface area is 119 Å². The number of aliphatic hydroxyl groups excluding tert-OH is 1. The summed E-state index contributed by atoms with van der Waals surface area (Å²) in [6.45, 7) is 2.90. The van der Waals surface area contributed by atoms with Crippen molar-refractivity contribution in [3.63, 3.8) is 0 Å². The minimum atomic E-state index is -0.0271. The Hall–Kier alpha value is -1.51. The molecule has 0 atom stereocenters. The summed E-state index contributed by atoms with van der Waals surface area (Å²) >= 11 is 6.12. The van der Waals surface area contributed by atoms with Gasteiger partial charge in [0.15, 0.2) is 0 Å². The maximum atomic E-state index is 9.12. The first-order valence-electron chi connectivity index (χ1n) is 6.26. The maximum absolute atomic E-state index is 9.12. The summed E-state index contributed by atoms with van der Waals surface area (Å²) in [4.78, 5) is 2.14. The first-order valence-corrected chi connectivity index (χ1v) is 6.64. The van der Waals surface area contributed by atoms with Crippen molar-refractivity contribution in [2.45, 2.75) is 20.1 Å². The first-order chi connectivity index (χ1) is 9.10. The Morgan fingerprint density at radius 2 is 1.95 bits per heavy atom. The standard InChI is InChI=1S/C16H18ClNO/c1-12-4-3-5-13(8-12)10-18(2)15-7-6-14(11-19)16(17)9-15/h3-9,19H,10-11H2,1-2H3. The normalized spacial score (nSPS) is 10.5. The summed E-state index contributed by atoms with van der Waals surface area (Å²) in [5.74, 6) is 0. The van der Waals surface area contributed by atoms with E-state index in [1.165, 1.54) is 11.1 Å². The van der Waals surface area contributed by atoms with E-state index >= 15 is 0 Å². The molecule has 0 aromatic heterocycles. The van der Waals surface area contributed by atoms with Crippen molar-refractivity contribution in [2.24, 2.45) is 0 Å². The Bertz CT molecular complexity index is 568. The molecule has 2 nitrogen and oxygen atoms in total. The highest BCUT2D eigenvalue weighted by molar-refractivity contribution is 6.31. The van der Waals surface area contributed by atoms with Crippen LogP contribution in [0, 0.1) is 6.92 Å². The van der Waals surface area contributed by atoms with Crippen LogP contribution < -0.4 is 4.90 Å². The molecule has 0 radical (unpaired) electrons. The van der Waals surface area contributed by atoms with Crippen molar-refractivity contribution in [2.75, 3.05) is 11.9 Å². The Morgan fingerprint density at radius 3 is 2.58 bits per heavy atom. The van der Waals surface area contributed by atoms with Gasteiger partial charge in [-0.05, 0) is 30.2 Å². The number of benzene rings is 2. The van der Waals surface area contributed by atoms with Crippen LogP contribution in [0.1, 0.15) is 16.7 Å². The largest absolute Gasteiger partial charge is 0.392 e. The molecule has 3 heteroatoms. The fourth-order valence-corrected chi connectivity index (χ4v) is 2.31. The molecule has 2 aromatic carbocycles. The molecule has 0 saturated carbocycles. The summed E-state index contributed by atoms with van der Waals surface area (Å²) in [6, 6.07) is 14.2. The molecule has 0 aliphatic heterocycles. The van der Waals surface area contributed by atoms with E-state index in [4.69, 9.17) is 16.7 Å². The number of anilines is 1. The lowest BCUT2D eigenvalue weighted by Gasteiger charge is -2.20. The van der Waals surface area contributed by atoms with Crippen molar-refractivity contribution in [3.8, 4) is 0 Å². The minimum Gasteiger partial charge on any atom is -0.392 e. The summed E-state index contributed by atoms with van der Waals surface area (Å²) < 4.78 is 0. The van der Waals surface area contributed by atoms with Gasteiger partial charge in [-0.2, -0.15) is 0 Å². The monoisotopic (exact) mass is 275 g/mol. The lowest BCUT2D eigenvalue weighted by atomic mass is 10.1. The molecule has 0 bridgehead atoms. The highest BCUT2D eigenvalue weighted by Gasteiger charge is 2.06. The van der Waals surface area contributed by atoms with E-state index in [-0.39, 0.29) is 6.61 Å². The fourth-order valence-electron chi connectivity index (χ4n) is 2.08. The zero-order chi connectivity index (χ0) is 13.8. The van der Waals surface area contributed by atoms with Crippen LogP contribution in [-0.2, 0) is 13.2 Å². The van der Waals surface area contributed by atoms with Gasteiger partial charge in [0.05, 0.1) is 6.61 Å². The predicted molar refractivity (Wildman–Crippen MR) is 80.7 cm³/mol. The number of aryl methyl sites for hydroxylation is 1. The van der Waals surface area contributed by atoms with Crippen molar-refractivity contribution in [3.05, 3.63) is 64.2 Å². The summed E-state index contributed by atoms with van der Waals surface area (Å²) in [7, 11) is 2.03. The van der Waals surface area contributed by atoms with Gasteiger partial charge in [-0.3, -0.25) is 0 Å². The molecule has 0 fully saturated rings. The van der Waals surface area contributed by atoms with Crippen molar-refractivity contribution < 1.29 is 5.11 Å². The molecular weight excluding hydrogens is 258 g/mol. The number of nitrogens with zero attached hydrogens (tertiary/aromatic N) is 1.